The van der Waals surface area contributed by atoms with Gasteiger partial charge in [-0.15, -0.1) is 0 Å². The normalized spacial score (nSPS) is 16.8. The Morgan fingerprint density at radius 2 is 1.91 bits per heavy atom. The van der Waals surface area contributed by atoms with Crippen LogP contribution < -0.4 is 10.5 Å². The molecule has 1 fully saturated rings. The molecule has 0 bridgehead atoms. The lowest BCUT2D eigenvalue weighted by molar-refractivity contribution is -0.132. The fourth-order valence-corrected chi connectivity index (χ4v) is 4.61. The Morgan fingerprint density at radius 1 is 1.09 bits per heavy atom. The molecular formula is C25H26N4O3. The van der Waals surface area contributed by atoms with Crippen LogP contribution >= 0.6 is 0 Å². The largest absolute Gasteiger partial charge is 0.422 e. The Balaban J connectivity index is 1.39. The average Bonchev–Trinajstić information content (AvgIpc) is 3.19. The van der Waals surface area contributed by atoms with E-state index in [1.165, 1.54) is 17.4 Å². The van der Waals surface area contributed by atoms with E-state index in [-0.39, 0.29) is 18.5 Å². The molecule has 1 atom stereocenters. The maximum Gasteiger partial charge on any atom is 0.347 e. The van der Waals surface area contributed by atoms with Crippen molar-refractivity contribution in [3.8, 4) is 0 Å². The second-order valence-electron chi connectivity index (χ2n) is 8.67. The first-order valence-corrected chi connectivity index (χ1v) is 10.9. The van der Waals surface area contributed by atoms with Crippen molar-refractivity contribution in [1.29, 1.82) is 0 Å². The van der Waals surface area contributed by atoms with Gasteiger partial charge in [0.05, 0.1) is 11.7 Å². The van der Waals surface area contributed by atoms with E-state index in [0.717, 1.165) is 17.5 Å². The number of anilines is 1. The summed E-state index contributed by atoms with van der Waals surface area (Å²) in [5.74, 6) is -0.000198. The smallest absolute Gasteiger partial charge is 0.347 e. The number of piperazine rings is 1. The topological polar surface area (TPSA) is 71.6 Å². The number of hydrogen-bond acceptors (Lipinski definition) is 5. The van der Waals surface area contributed by atoms with E-state index >= 15 is 0 Å². The highest BCUT2D eigenvalue weighted by atomic mass is 16.4. The summed E-state index contributed by atoms with van der Waals surface area (Å²) in [4.78, 5) is 29.8. The molecule has 2 aromatic heterocycles. The molecule has 0 spiro atoms. The fourth-order valence-electron chi connectivity index (χ4n) is 4.61. The van der Waals surface area contributed by atoms with Crippen LogP contribution in [-0.2, 0) is 11.3 Å². The lowest BCUT2D eigenvalue weighted by atomic mass is 10.1. The second kappa shape index (κ2) is 7.82. The molecule has 1 aliphatic heterocycles. The highest BCUT2D eigenvalue weighted by molar-refractivity contribution is 6.02. The standard InChI is InChI=1S/C25H26N4O3/c1-16-5-4-6-19(11-16)28-10-9-27(14-18(28)3)23(30)15-29-24-20-12-17(2)7-8-22(20)32-25(31)21(24)13-26-29/h4-8,11-13,18H,9-10,14-15H2,1-3H3. The third kappa shape index (κ3) is 3.53. The van der Waals surface area contributed by atoms with E-state index in [2.05, 4.69) is 48.1 Å². The van der Waals surface area contributed by atoms with Gasteiger partial charge >= 0.3 is 5.63 Å². The molecule has 0 aliphatic carbocycles. The number of nitrogens with zero attached hydrogens (tertiary/aromatic N) is 4. The van der Waals surface area contributed by atoms with Gasteiger partial charge in [-0.05, 0) is 50.6 Å². The molecule has 0 radical (unpaired) electrons. The van der Waals surface area contributed by atoms with E-state index in [0.29, 0.717) is 29.6 Å². The summed E-state index contributed by atoms with van der Waals surface area (Å²) >= 11 is 0. The highest BCUT2D eigenvalue weighted by Crippen LogP contribution is 2.25. The molecule has 0 N–H and O–H groups in total. The van der Waals surface area contributed by atoms with Crippen molar-refractivity contribution < 1.29 is 9.21 Å². The number of aryl methyl sites for hydroxylation is 2. The Kier molecular flexibility index (Phi) is 4.96. The van der Waals surface area contributed by atoms with Gasteiger partial charge < -0.3 is 14.2 Å². The summed E-state index contributed by atoms with van der Waals surface area (Å²) in [6.07, 6.45) is 1.49. The van der Waals surface area contributed by atoms with Gasteiger partial charge in [0.25, 0.3) is 0 Å². The minimum atomic E-state index is -0.435. The lowest BCUT2D eigenvalue weighted by Gasteiger charge is -2.41. The van der Waals surface area contributed by atoms with E-state index in [4.69, 9.17) is 4.42 Å². The predicted octanol–water partition coefficient (Wildman–Crippen LogP) is 3.50. The van der Waals surface area contributed by atoms with Crippen molar-refractivity contribution in [1.82, 2.24) is 14.7 Å². The van der Waals surface area contributed by atoms with Crippen LogP contribution in [0.2, 0.25) is 0 Å². The van der Waals surface area contributed by atoms with Crippen LogP contribution in [0.5, 0.6) is 0 Å². The highest BCUT2D eigenvalue weighted by Gasteiger charge is 2.27. The maximum absolute atomic E-state index is 13.2. The third-order valence-corrected chi connectivity index (χ3v) is 6.25. The van der Waals surface area contributed by atoms with E-state index in [1.807, 2.05) is 24.0 Å². The molecule has 1 amide bonds. The summed E-state index contributed by atoms with van der Waals surface area (Å²) in [7, 11) is 0. The molecule has 1 saturated heterocycles. The molecule has 4 aromatic rings. The molecular weight excluding hydrogens is 404 g/mol. The lowest BCUT2D eigenvalue weighted by Crippen LogP contribution is -2.54. The summed E-state index contributed by atoms with van der Waals surface area (Å²) in [5.41, 5.74) is 4.19. The van der Waals surface area contributed by atoms with Crippen molar-refractivity contribution in [3.63, 3.8) is 0 Å². The minimum absolute atomic E-state index is 0.000198. The number of carbonyl (C=O) groups is 1. The number of hydrogen-bond donors (Lipinski definition) is 0. The number of benzene rings is 2. The van der Waals surface area contributed by atoms with Crippen LogP contribution in [0.3, 0.4) is 0 Å². The second-order valence-corrected chi connectivity index (χ2v) is 8.67. The first kappa shape index (κ1) is 20.3. The molecule has 7 heteroatoms. The first-order chi connectivity index (χ1) is 15.4. The number of carbonyl (C=O) groups excluding carboxylic acids is 1. The van der Waals surface area contributed by atoms with Crippen LogP contribution in [0.4, 0.5) is 5.69 Å². The summed E-state index contributed by atoms with van der Waals surface area (Å²) in [5, 5.41) is 5.55. The van der Waals surface area contributed by atoms with Crippen LogP contribution in [0.1, 0.15) is 18.1 Å². The van der Waals surface area contributed by atoms with Crippen molar-refractivity contribution in [3.05, 3.63) is 70.2 Å². The third-order valence-electron chi connectivity index (χ3n) is 6.25. The van der Waals surface area contributed by atoms with E-state index in [9.17, 15) is 9.59 Å². The first-order valence-electron chi connectivity index (χ1n) is 10.9. The number of fused-ring (bicyclic) bond motifs is 3. The van der Waals surface area contributed by atoms with Crippen LogP contribution in [0, 0.1) is 13.8 Å². The predicted molar refractivity (Wildman–Crippen MR) is 125 cm³/mol. The molecule has 1 aliphatic rings. The Hall–Kier alpha value is -3.61. The van der Waals surface area contributed by atoms with E-state index < -0.39 is 5.63 Å². The molecule has 3 heterocycles. The fraction of sp³-hybridized carbons (Fsp3) is 0.320. The molecule has 164 valence electrons. The average molecular weight is 431 g/mol. The van der Waals surface area contributed by atoms with Crippen molar-refractivity contribution in [2.24, 2.45) is 0 Å². The zero-order valence-electron chi connectivity index (χ0n) is 18.5. The van der Waals surface area contributed by atoms with Gasteiger partial charge in [-0.1, -0.05) is 23.8 Å². The molecule has 0 saturated carbocycles. The minimum Gasteiger partial charge on any atom is -0.422 e. The Labute approximate surface area is 185 Å². The number of aromatic nitrogens is 2. The molecule has 2 aromatic carbocycles. The Morgan fingerprint density at radius 3 is 2.69 bits per heavy atom. The van der Waals surface area contributed by atoms with Gasteiger partial charge in [-0.25, -0.2) is 4.79 Å². The van der Waals surface area contributed by atoms with Gasteiger partial charge in [-0.3, -0.25) is 9.48 Å². The summed E-state index contributed by atoms with van der Waals surface area (Å²) < 4.78 is 7.06. The number of rotatable bonds is 3. The summed E-state index contributed by atoms with van der Waals surface area (Å²) in [6.45, 7) is 8.39. The van der Waals surface area contributed by atoms with Gasteiger partial charge in [0, 0.05) is 36.7 Å². The van der Waals surface area contributed by atoms with Gasteiger partial charge in [0.2, 0.25) is 5.91 Å². The zero-order valence-corrected chi connectivity index (χ0v) is 18.5. The van der Waals surface area contributed by atoms with Gasteiger partial charge in [-0.2, -0.15) is 5.10 Å². The van der Waals surface area contributed by atoms with Crippen molar-refractivity contribution in [2.45, 2.75) is 33.4 Å². The molecule has 7 nitrogen and oxygen atoms in total. The maximum atomic E-state index is 13.2. The monoisotopic (exact) mass is 430 g/mol. The molecule has 5 rings (SSSR count). The van der Waals surface area contributed by atoms with Crippen molar-refractivity contribution >= 4 is 33.5 Å². The quantitative estimate of drug-likeness (QED) is 0.465. The number of amides is 1. The van der Waals surface area contributed by atoms with Crippen LogP contribution in [-0.4, -0.2) is 46.3 Å². The van der Waals surface area contributed by atoms with Crippen molar-refractivity contribution in [2.75, 3.05) is 24.5 Å². The SMILES string of the molecule is Cc1cccc(N2CCN(C(=O)Cn3ncc4c(=O)oc5ccc(C)cc5c43)CC2C)c1. The van der Waals surface area contributed by atoms with Gasteiger partial charge in [0.15, 0.2) is 0 Å². The van der Waals surface area contributed by atoms with Gasteiger partial charge in [0.1, 0.15) is 17.5 Å². The van der Waals surface area contributed by atoms with Crippen LogP contribution in [0.15, 0.2) is 57.9 Å². The summed E-state index contributed by atoms with van der Waals surface area (Å²) in [6, 6.07) is 14.3. The van der Waals surface area contributed by atoms with E-state index in [1.54, 1.807) is 10.7 Å². The van der Waals surface area contributed by atoms with Crippen LogP contribution in [0.25, 0.3) is 21.9 Å². The molecule has 32 heavy (non-hydrogen) atoms. The molecule has 1 unspecified atom stereocenters. The zero-order chi connectivity index (χ0) is 22.4. The Bertz CT molecular complexity index is 1390.